The van der Waals surface area contributed by atoms with E-state index in [2.05, 4.69) is 55.2 Å². The zero-order valence-electron chi connectivity index (χ0n) is 31.0. The molecular weight excluding hydrogens is 884 g/mol. The molecule has 57 heavy (non-hydrogen) atoms. The Kier molecular flexibility index (Phi) is 9.43. The fourth-order valence-corrected chi connectivity index (χ4v) is 7.73. The quantitative estimate of drug-likeness (QED) is 0.117. The Morgan fingerprint density at radius 2 is 1.23 bits per heavy atom. The third-order valence-corrected chi connectivity index (χ3v) is 10.4. The van der Waals surface area contributed by atoms with Gasteiger partial charge in [-0.25, -0.2) is 15.0 Å². The molecule has 0 bridgehead atoms. The molecule has 1 aliphatic heterocycles. The van der Waals surface area contributed by atoms with E-state index in [0.717, 1.165) is 50.2 Å². The molecule has 0 unspecified atom stereocenters. The summed E-state index contributed by atoms with van der Waals surface area (Å²) in [6.45, 7) is 4.02. The molecule has 7 nitrogen and oxygen atoms in total. The Balaban J connectivity index is 0.00000422. The molecule has 0 N–H and O–H groups in total. The Morgan fingerprint density at radius 1 is 0.596 bits per heavy atom. The summed E-state index contributed by atoms with van der Waals surface area (Å²) in [5.41, 5.74) is 9.27. The standard InChI is InChI=1S/C48H32BN5O2.Pt/c1-48(2)38-24-10-9-23-37(38)41-44(48)56-43-39(49(41)47-53-45(31-15-5-3-6-16-31)52-46(54-47)32-17-7-4-8-18-32)26-28-51-42(43)34-20-14-22-36(30-34)55-35-21-13-19-33(29-35)40-25-11-12-27-50-40;/h3-28H,1-2H3;/q-2;+2. The summed E-state index contributed by atoms with van der Waals surface area (Å²) in [7, 11) is 0. The van der Waals surface area contributed by atoms with Gasteiger partial charge >= 0.3 is 21.1 Å². The number of aromatic nitrogens is 5. The van der Waals surface area contributed by atoms with Crippen molar-refractivity contribution < 1.29 is 30.5 Å². The van der Waals surface area contributed by atoms with Crippen LogP contribution in [0.25, 0.3) is 50.8 Å². The van der Waals surface area contributed by atoms with Gasteiger partial charge in [0.05, 0.1) is 0 Å². The minimum Gasteiger partial charge on any atom is -0.497 e. The molecule has 0 saturated carbocycles. The molecule has 274 valence electrons. The summed E-state index contributed by atoms with van der Waals surface area (Å²) in [6, 6.07) is 54.9. The van der Waals surface area contributed by atoms with E-state index < -0.39 is 12.1 Å². The number of allylic oxidation sites excluding steroid dienone is 1. The van der Waals surface area contributed by atoms with Crippen molar-refractivity contribution in [2.24, 2.45) is 0 Å². The van der Waals surface area contributed by atoms with Gasteiger partial charge in [0.1, 0.15) is 17.2 Å². The van der Waals surface area contributed by atoms with Crippen LogP contribution in [0.2, 0.25) is 0 Å². The van der Waals surface area contributed by atoms with Gasteiger partial charge in [0.2, 0.25) is 0 Å². The number of fused-ring (bicyclic) bond motifs is 3. The molecule has 9 heteroatoms. The number of pyridine rings is 2. The van der Waals surface area contributed by atoms with Crippen molar-refractivity contribution in [3.63, 3.8) is 0 Å². The van der Waals surface area contributed by atoms with Crippen LogP contribution in [0.1, 0.15) is 25.0 Å². The van der Waals surface area contributed by atoms with Crippen molar-refractivity contribution in [2.75, 3.05) is 0 Å². The summed E-state index contributed by atoms with van der Waals surface area (Å²) in [5.74, 6) is 3.77. The van der Waals surface area contributed by atoms with Crippen LogP contribution in [-0.4, -0.2) is 31.6 Å². The number of hydrogen-bond donors (Lipinski definition) is 0. The third kappa shape index (κ3) is 6.56. The van der Waals surface area contributed by atoms with Crippen LogP contribution in [0.15, 0.2) is 164 Å². The normalized spacial score (nSPS) is 13.5. The van der Waals surface area contributed by atoms with Gasteiger partial charge in [-0.15, -0.1) is 47.5 Å². The molecule has 0 spiro atoms. The van der Waals surface area contributed by atoms with Crippen molar-refractivity contribution >= 4 is 23.4 Å². The second kappa shape index (κ2) is 14.9. The third-order valence-electron chi connectivity index (χ3n) is 10.4. The SMILES string of the molecule is CC1(C)C2=C(B(c3nc(-c4ccccc4)nc(-c4ccccc4)n3)c3ccnc(-c4[c-]c(Oc5[c-]c(-c6ccccn6)ccc5)ccc4)c3O2)c2ccccc21.[Pt+2]. The van der Waals surface area contributed by atoms with Gasteiger partial charge in [0.25, 0.3) is 6.71 Å². The van der Waals surface area contributed by atoms with Gasteiger partial charge in [-0.05, 0) is 53.7 Å². The van der Waals surface area contributed by atoms with Crippen molar-refractivity contribution in [1.29, 1.82) is 0 Å². The van der Waals surface area contributed by atoms with Gasteiger partial charge in [-0.2, -0.15) is 0 Å². The van der Waals surface area contributed by atoms with E-state index in [1.807, 2.05) is 128 Å². The van der Waals surface area contributed by atoms with Crippen LogP contribution in [-0.2, 0) is 26.5 Å². The van der Waals surface area contributed by atoms with Crippen molar-refractivity contribution in [3.8, 4) is 62.5 Å². The molecule has 3 aromatic heterocycles. The van der Waals surface area contributed by atoms with Gasteiger partial charge < -0.3 is 19.4 Å². The molecule has 0 saturated heterocycles. The average molecular weight is 917 g/mol. The number of nitrogens with zero attached hydrogens (tertiary/aromatic N) is 5. The molecule has 0 amide bonds. The molecule has 2 aliphatic rings. The van der Waals surface area contributed by atoms with E-state index in [1.165, 1.54) is 5.56 Å². The number of ether oxygens (including phenoxy) is 2. The predicted octanol–water partition coefficient (Wildman–Crippen LogP) is 8.96. The van der Waals surface area contributed by atoms with Crippen LogP contribution in [0.4, 0.5) is 0 Å². The Bertz CT molecular complexity index is 2740. The molecule has 10 rings (SSSR count). The van der Waals surface area contributed by atoms with Crippen LogP contribution in [0.3, 0.4) is 0 Å². The van der Waals surface area contributed by atoms with E-state index in [4.69, 9.17) is 29.4 Å². The van der Waals surface area contributed by atoms with Crippen LogP contribution in [0, 0.1) is 12.1 Å². The summed E-state index contributed by atoms with van der Waals surface area (Å²) in [6.07, 6.45) is 3.59. The first-order chi connectivity index (χ1) is 27.5. The molecular formula is C48H32BN5O2Pt. The number of rotatable bonds is 7. The first-order valence-electron chi connectivity index (χ1n) is 18.5. The van der Waals surface area contributed by atoms with Crippen molar-refractivity contribution in [1.82, 2.24) is 24.9 Å². The zero-order valence-corrected chi connectivity index (χ0v) is 33.2. The van der Waals surface area contributed by atoms with E-state index >= 15 is 0 Å². The van der Waals surface area contributed by atoms with E-state index in [0.29, 0.717) is 40.3 Å². The first kappa shape index (κ1) is 36.2. The second-order valence-electron chi connectivity index (χ2n) is 14.3. The molecule has 8 aromatic rings. The van der Waals surface area contributed by atoms with Gasteiger partial charge in [-0.1, -0.05) is 109 Å². The van der Waals surface area contributed by atoms with Crippen molar-refractivity contribution in [2.45, 2.75) is 19.3 Å². The molecule has 5 aromatic carbocycles. The summed E-state index contributed by atoms with van der Waals surface area (Å²) in [4.78, 5) is 24.9. The van der Waals surface area contributed by atoms with E-state index in [1.54, 1.807) is 6.20 Å². The Morgan fingerprint density at radius 3 is 1.91 bits per heavy atom. The minimum absolute atomic E-state index is 0. The zero-order chi connectivity index (χ0) is 37.6. The molecule has 4 heterocycles. The van der Waals surface area contributed by atoms with Crippen molar-refractivity contribution in [3.05, 3.63) is 187 Å². The maximum absolute atomic E-state index is 7.12. The largest absolute Gasteiger partial charge is 2.00 e. The van der Waals surface area contributed by atoms with E-state index in [9.17, 15) is 0 Å². The summed E-state index contributed by atoms with van der Waals surface area (Å²) < 4.78 is 13.5. The van der Waals surface area contributed by atoms with Gasteiger partial charge in [-0.3, -0.25) is 0 Å². The van der Waals surface area contributed by atoms with Gasteiger partial charge in [0.15, 0.2) is 11.6 Å². The smallest absolute Gasteiger partial charge is 0.497 e. The number of hydrogen-bond acceptors (Lipinski definition) is 7. The topological polar surface area (TPSA) is 82.9 Å². The van der Waals surface area contributed by atoms with Crippen LogP contribution < -0.4 is 20.7 Å². The molecule has 0 radical (unpaired) electrons. The fourth-order valence-electron chi connectivity index (χ4n) is 7.73. The maximum Gasteiger partial charge on any atom is 2.00 e. The Hall–Kier alpha value is -6.50. The van der Waals surface area contributed by atoms with Crippen LogP contribution in [0.5, 0.6) is 17.2 Å². The predicted molar refractivity (Wildman–Crippen MR) is 220 cm³/mol. The van der Waals surface area contributed by atoms with Crippen LogP contribution >= 0.6 is 0 Å². The molecule has 0 fully saturated rings. The maximum atomic E-state index is 7.12. The second-order valence-corrected chi connectivity index (χ2v) is 14.3. The average Bonchev–Trinajstić information content (AvgIpc) is 3.49. The Labute approximate surface area is 345 Å². The fraction of sp³-hybridized carbons (Fsp3) is 0.0625. The monoisotopic (exact) mass is 916 g/mol. The molecule has 0 atom stereocenters. The summed E-state index contributed by atoms with van der Waals surface area (Å²) in [5, 5.41) is 0. The van der Waals surface area contributed by atoms with Gasteiger partial charge in [0, 0.05) is 46.1 Å². The first-order valence-corrected chi connectivity index (χ1v) is 18.5. The van der Waals surface area contributed by atoms with E-state index in [-0.39, 0.29) is 21.1 Å². The molecule has 1 aliphatic carbocycles. The summed E-state index contributed by atoms with van der Waals surface area (Å²) >= 11 is 0. The minimum atomic E-state index is -0.449. The number of benzene rings is 5.